The third kappa shape index (κ3) is 4.83. The van der Waals surface area contributed by atoms with Gasteiger partial charge in [-0.3, -0.25) is 10.1 Å². The molecule has 15 heavy (non-hydrogen) atoms. The van der Waals surface area contributed by atoms with Gasteiger partial charge in [-0.15, -0.1) is 0 Å². The lowest BCUT2D eigenvalue weighted by molar-refractivity contribution is -0.138. The summed E-state index contributed by atoms with van der Waals surface area (Å²) < 4.78 is 0. The van der Waals surface area contributed by atoms with Crippen LogP contribution >= 0.6 is 11.8 Å². The third-order valence-corrected chi connectivity index (χ3v) is 3.59. The van der Waals surface area contributed by atoms with Crippen molar-refractivity contribution in [2.24, 2.45) is 5.73 Å². The quantitative estimate of drug-likeness (QED) is 0.467. The second-order valence-corrected chi connectivity index (χ2v) is 4.91. The Labute approximate surface area is 93.4 Å². The highest BCUT2D eigenvalue weighted by Crippen LogP contribution is 2.15. The van der Waals surface area contributed by atoms with Gasteiger partial charge < -0.3 is 15.9 Å². The van der Waals surface area contributed by atoms with Gasteiger partial charge in [0.05, 0.1) is 0 Å². The highest BCUT2D eigenvalue weighted by Gasteiger charge is 2.21. The monoisotopic (exact) mass is 234 g/mol. The number of aliphatic carboxylic acids is 1. The number of rotatable bonds is 6. The first kappa shape index (κ1) is 12.8. The first-order valence-corrected chi connectivity index (χ1v) is 6.25. The molecular formula is C9H18N2O3S. The summed E-state index contributed by atoms with van der Waals surface area (Å²) in [6.45, 7) is 0. The lowest BCUT2D eigenvalue weighted by Crippen LogP contribution is -2.32. The van der Waals surface area contributed by atoms with Crippen LogP contribution < -0.4 is 11.1 Å². The summed E-state index contributed by atoms with van der Waals surface area (Å²) in [6.07, 6.45) is 1.92. The van der Waals surface area contributed by atoms with Gasteiger partial charge in [0.15, 0.2) is 0 Å². The summed E-state index contributed by atoms with van der Waals surface area (Å²) >= 11 is 1.68. The Kier molecular flexibility index (Phi) is 5.38. The first-order chi connectivity index (χ1) is 7.09. The van der Waals surface area contributed by atoms with Crippen LogP contribution in [0.1, 0.15) is 19.3 Å². The largest absolute Gasteiger partial charge is 0.480 e. The van der Waals surface area contributed by atoms with Crippen molar-refractivity contribution in [2.45, 2.75) is 37.6 Å². The standard InChI is InChI=1S/C9H18N2O3S/c10-7(9(13)14)3-4-15-5-6-1-2-8(12)11-6/h6-8,11-12H,1-5,10H2,(H,13,14)/t6-,7-,8?/m0/s1. The molecule has 5 N–H and O–H groups in total. The van der Waals surface area contributed by atoms with E-state index in [-0.39, 0.29) is 6.23 Å². The summed E-state index contributed by atoms with van der Waals surface area (Å²) in [6, 6.07) is -0.398. The summed E-state index contributed by atoms with van der Waals surface area (Å²) in [5.74, 6) is 0.718. The zero-order chi connectivity index (χ0) is 11.3. The average molecular weight is 234 g/mol. The fourth-order valence-corrected chi connectivity index (χ4v) is 2.62. The molecule has 3 atom stereocenters. The van der Waals surface area contributed by atoms with Crippen LogP contribution in [0.25, 0.3) is 0 Å². The maximum absolute atomic E-state index is 10.4. The molecule has 1 heterocycles. The topological polar surface area (TPSA) is 95.6 Å². The maximum Gasteiger partial charge on any atom is 0.320 e. The van der Waals surface area contributed by atoms with Gasteiger partial charge in [-0.1, -0.05) is 0 Å². The van der Waals surface area contributed by atoms with Crippen molar-refractivity contribution in [3.63, 3.8) is 0 Å². The number of aliphatic hydroxyl groups excluding tert-OH is 1. The summed E-state index contributed by atoms with van der Waals surface area (Å²) in [5, 5.41) is 20.8. The van der Waals surface area contributed by atoms with E-state index in [0.717, 1.165) is 24.3 Å². The van der Waals surface area contributed by atoms with Crippen molar-refractivity contribution in [2.75, 3.05) is 11.5 Å². The van der Waals surface area contributed by atoms with Crippen molar-refractivity contribution < 1.29 is 15.0 Å². The smallest absolute Gasteiger partial charge is 0.320 e. The molecular weight excluding hydrogens is 216 g/mol. The van der Waals surface area contributed by atoms with Gasteiger partial charge in [0.2, 0.25) is 0 Å². The van der Waals surface area contributed by atoms with E-state index in [1.807, 2.05) is 0 Å². The Bertz CT molecular complexity index is 216. The van der Waals surface area contributed by atoms with Gasteiger partial charge >= 0.3 is 5.97 Å². The number of nitrogens with one attached hydrogen (secondary N) is 1. The molecule has 0 bridgehead atoms. The summed E-state index contributed by atoms with van der Waals surface area (Å²) in [7, 11) is 0. The molecule has 88 valence electrons. The zero-order valence-electron chi connectivity index (χ0n) is 8.56. The summed E-state index contributed by atoms with van der Waals surface area (Å²) in [4.78, 5) is 10.4. The summed E-state index contributed by atoms with van der Waals surface area (Å²) in [5.41, 5.74) is 5.36. The normalized spacial score (nSPS) is 27.9. The lowest BCUT2D eigenvalue weighted by Gasteiger charge is -2.11. The number of carbonyl (C=O) groups is 1. The fourth-order valence-electron chi connectivity index (χ4n) is 1.49. The molecule has 0 radical (unpaired) electrons. The maximum atomic E-state index is 10.4. The zero-order valence-corrected chi connectivity index (χ0v) is 9.37. The van der Waals surface area contributed by atoms with Crippen LogP contribution in [0.5, 0.6) is 0 Å². The van der Waals surface area contributed by atoms with Crippen molar-refractivity contribution in [1.82, 2.24) is 5.32 Å². The first-order valence-electron chi connectivity index (χ1n) is 5.10. The Morgan fingerprint density at radius 2 is 2.33 bits per heavy atom. The lowest BCUT2D eigenvalue weighted by atomic mass is 10.2. The van der Waals surface area contributed by atoms with Crippen molar-refractivity contribution in [1.29, 1.82) is 0 Å². The number of nitrogens with two attached hydrogens (primary N) is 1. The van der Waals surface area contributed by atoms with Crippen LogP contribution in [0.4, 0.5) is 0 Å². The van der Waals surface area contributed by atoms with Gasteiger partial charge in [0, 0.05) is 11.8 Å². The number of carboxylic acids is 1. The van der Waals surface area contributed by atoms with Crippen LogP contribution in [0, 0.1) is 0 Å². The number of thioether (sulfide) groups is 1. The van der Waals surface area contributed by atoms with E-state index in [9.17, 15) is 9.90 Å². The molecule has 1 fully saturated rings. The third-order valence-electron chi connectivity index (χ3n) is 2.43. The number of aliphatic hydroxyl groups is 1. The van der Waals surface area contributed by atoms with Crippen LogP contribution in [0.15, 0.2) is 0 Å². The molecule has 0 amide bonds. The highest BCUT2D eigenvalue weighted by atomic mass is 32.2. The molecule has 0 aromatic rings. The minimum absolute atomic E-state index is 0.353. The van der Waals surface area contributed by atoms with Gasteiger partial charge in [0.25, 0.3) is 0 Å². The second-order valence-electron chi connectivity index (χ2n) is 3.77. The Balaban J connectivity index is 2.00. The van der Waals surface area contributed by atoms with E-state index in [2.05, 4.69) is 5.32 Å². The highest BCUT2D eigenvalue weighted by molar-refractivity contribution is 7.99. The van der Waals surface area contributed by atoms with Crippen LogP contribution in [-0.2, 0) is 4.79 Å². The molecule has 1 aliphatic rings. The molecule has 1 unspecified atom stereocenters. The van der Waals surface area contributed by atoms with Crippen molar-refractivity contribution in [3.05, 3.63) is 0 Å². The Morgan fingerprint density at radius 3 is 2.87 bits per heavy atom. The molecule has 0 spiro atoms. The van der Waals surface area contributed by atoms with Crippen LogP contribution in [-0.4, -0.2) is 46.0 Å². The Hall–Kier alpha value is -0.300. The molecule has 1 rings (SSSR count). The van der Waals surface area contributed by atoms with E-state index in [4.69, 9.17) is 10.8 Å². The molecule has 1 saturated heterocycles. The van der Waals surface area contributed by atoms with E-state index in [1.54, 1.807) is 11.8 Å². The Morgan fingerprint density at radius 1 is 1.60 bits per heavy atom. The SMILES string of the molecule is N[C@@H](CCSC[C@@H]1CCC(O)N1)C(=O)O. The van der Waals surface area contributed by atoms with Crippen molar-refractivity contribution >= 4 is 17.7 Å². The molecule has 6 heteroatoms. The minimum atomic E-state index is -0.940. The molecule has 0 aromatic heterocycles. The van der Waals surface area contributed by atoms with Crippen molar-refractivity contribution in [3.8, 4) is 0 Å². The predicted octanol–water partition coefficient (Wildman–Crippen LogP) is -0.408. The molecule has 5 nitrogen and oxygen atoms in total. The number of hydrogen-bond donors (Lipinski definition) is 4. The fraction of sp³-hybridized carbons (Fsp3) is 0.889. The van der Waals surface area contributed by atoms with E-state index in [1.165, 1.54) is 0 Å². The number of carboxylic acid groups (broad SMARTS) is 1. The van der Waals surface area contributed by atoms with Crippen LogP contribution in [0.3, 0.4) is 0 Å². The van der Waals surface area contributed by atoms with Crippen LogP contribution in [0.2, 0.25) is 0 Å². The molecule has 0 aliphatic carbocycles. The van der Waals surface area contributed by atoms with Gasteiger partial charge in [-0.2, -0.15) is 11.8 Å². The molecule has 1 aliphatic heterocycles. The predicted molar refractivity (Wildman–Crippen MR) is 59.7 cm³/mol. The second kappa shape index (κ2) is 6.32. The number of hydrogen-bond acceptors (Lipinski definition) is 5. The van der Waals surface area contributed by atoms with Gasteiger partial charge in [0.1, 0.15) is 12.3 Å². The van der Waals surface area contributed by atoms with Gasteiger partial charge in [-0.25, -0.2) is 0 Å². The molecule has 0 saturated carbocycles. The van der Waals surface area contributed by atoms with E-state index in [0.29, 0.717) is 12.5 Å². The molecule has 0 aromatic carbocycles. The minimum Gasteiger partial charge on any atom is -0.480 e. The van der Waals surface area contributed by atoms with E-state index < -0.39 is 12.0 Å². The van der Waals surface area contributed by atoms with Gasteiger partial charge in [-0.05, 0) is 25.0 Å². The van der Waals surface area contributed by atoms with E-state index >= 15 is 0 Å². The average Bonchev–Trinajstić information content (AvgIpc) is 2.58.